The molecule has 0 radical (unpaired) electrons. The van der Waals surface area contributed by atoms with Crippen molar-refractivity contribution in [3.05, 3.63) is 0 Å². The Labute approximate surface area is 118 Å². The molecule has 3 nitrogen and oxygen atoms in total. The fraction of sp³-hybridized carbons (Fsp3) is 1.00. The smallest absolute Gasteiger partial charge is 0.0469 e. The Hall–Kier alpha value is -0.120. The van der Waals surface area contributed by atoms with Gasteiger partial charge in [-0.1, -0.05) is 6.92 Å². The van der Waals surface area contributed by atoms with Crippen LogP contribution in [-0.2, 0) is 4.74 Å². The highest BCUT2D eigenvalue weighted by Crippen LogP contribution is 2.40. The molecule has 3 saturated heterocycles. The summed E-state index contributed by atoms with van der Waals surface area (Å²) in [5.41, 5.74) is 0. The van der Waals surface area contributed by atoms with Crippen LogP contribution in [0.25, 0.3) is 0 Å². The summed E-state index contributed by atoms with van der Waals surface area (Å²) in [4.78, 5) is 2.89. The van der Waals surface area contributed by atoms with Crippen LogP contribution in [0.1, 0.15) is 52.4 Å². The SMILES string of the molecule is CCNC1CC2CCC(C1)N2C(C)C1CCOCC1. The van der Waals surface area contributed by atoms with E-state index in [1.54, 1.807) is 0 Å². The molecule has 2 bridgehead atoms. The molecule has 0 aliphatic carbocycles. The van der Waals surface area contributed by atoms with E-state index in [1.807, 2.05) is 0 Å². The molecule has 3 aliphatic heterocycles. The van der Waals surface area contributed by atoms with E-state index in [2.05, 4.69) is 24.1 Å². The molecule has 3 aliphatic rings. The largest absolute Gasteiger partial charge is 0.381 e. The molecular formula is C16H30N2O. The van der Waals surface area contributed by atoms with Crippen LogP contribution in [0.3, 0.4) is 0 Å². The zero-order chi connectivity index (χ0) is 13.2. The molecule has 0 aromatic rings. The van der Waals surface area contributed by atoms with Gasteiger partial charge in [0.25, 0.3) is 0 Å². The molecule has 110 valence electrons. The van der Waals surface area contributed by atoms with Gasteiger partial charge in [0.05, 0.1) is 0 Å². The van der Waals surface area contributed by atoms with Crippen LogP contribution in [0.5, 0.6) is 0 Å². The lowest BCUT2D eigenvalue weighted by Crippen LogP contribution is -2.54. The lowest BCUT2D eigenvalue weighted by Gasteiger charge is -2.46. The monoisotopic (exact) mass is 266 g/mol. The Kier molecular flexibility index (Phi) is 4.45. The highest BCUT2D eigenvalue weighted by molar-refractivity contribution is 5.00. The summed E-state index contributed by atoms with van der Waals surface area (Å²) in [7, 11) is 0. The molecular weight excluding hydrogens is 236 g/mol. The normalized spacial score (nSPS) is 38.5. The van der Waals surface area contributed by atoms with Gasteiger partial charge in [-0.3, -0.25) is 4.90 Å². The number of hydrogen-bond donors (Lipinski definition) is 1. The first-order valence-corrected chi connectivity index (χ1v) is 8.38. The number of ether oxygens (including phenoxy) is 1. The summed E-state index contributed by atoms with van der Waals surface area (Å²) >= 11 is 0. The lowest BCUT2D eigenvalue weighted by atomic mass is 9.87. The van der Waals surface area contributed by atoms with Crippen molar-refractivity contribution in [3.63, 3.8) is 0 Å². The topological polar surface area (TPSA) is 24.5 Å². The summed E-state index contributed by atoms with van der Waals surface area (Å²) in [6.07, 6.45) is 8.15. The second-order valence-corrected chi connectivity index (χ2v) is 6.75. The molecule has 3 rings (SSSR count). The van der Waals surface area contributed by atoms with Crippen LogP contribution in [0.15, 0.2) is 0 Å². The van der Waals surface area contributed by atoms with E-state index in [0.717, 1.165) is 49.8 Å². The van der Waals surface area contributed by atoms with E-state index >= 15 is 0 Å². The average Bonchev–Trinajstić information content (AvgIpc) is 2.71. The van der Waals surface area contributed by atoms with Crippen molar-refractivity contribution < 1.29 is 4.74 Å². The van der Waals surface area contributed by atoms with E-state index in [0.29, 0.717) is 0 Å². The number of nitrogens with zero attached hydrogens (tertiary/aromatic N) is 1. The van der Waals surface area contributed by atoms with Crippen molar-refractivity contribution in [2.75, 3.05) is 19.8 Å². The summed E-state index contributed by atoms with van der Waals surface area (Å²) < 4.78 is 5.53. The van der Waals surface area contributed by atoms with Crippen molar-refractivity contribution in [3.8, 4) is 0 Å². The third kappa shape index (κ3) is 2.84. The quantitative estimate of drug-likeness (QED) is 0.845. The maximum Gasteiger partial charge on any atom is 0.0469 e. The molecule has 0 saturated carbocycles. The van der Waals surface area contributed by atoms with E-state index in [9.17, 15) is 0 Å². The maximum atomic E-state index is 5.53. The van der Waals surface area contributed by atoms with Gasteiger partial charge in [-0.25, -0.2) is 0 Å². The minimum atomic E-state index is 0.768. The minimum absolute atomic E-state index is 0.768. The first kappa shape index (κ1) is 13.8. The van der Waals surface area contributed by atoms with Gasteiger partial charge in [0.15, 0.2) is 0 Å². The highest BCUT2D eigenvalue weighted by Gasteiger charge is 2.44. The lowest BCUT2D eigenvalue weighted by molar-refractivity contribution is -0.000939. The molecule has 19 heavy (non-hydrogen) atoms. The van der Waals surface area contributed by atoms with Crippen molar-refractivity contribution in [2.24, 2.45) is 5.92 Å². The highest BCUT2D eigenvalue weighted by atomic mass is 16.5. The minimum Gasteiger partial charge on any atom is -0.381 e. The molecule has 0 spiro atoms. The van der Waals surface area contributed by atoms with Gasteiger partial charge >= 0.3 is 0 Å². The van der Waals surface area contributed by atoms with Crippen molar-refractivity contribution in [2.45, 2.75) is 76.5 Å². The summed E-state index contributed by atoms with van der Waals surface area (Å²) in [5.74, 6) is 0.868. The third-order valence-electron chi connectivity index (χ3n) is 5.70. The molecule has 3 heterocycles. The molecule has 3 heteroatoms. The Bertz CT molecular complexity index is 276. The van der Waals surface area contributed by atoms with E-state index in [1.165, 1.54) is 38.5 Å². The van der Waals surface area contributed by atoms with Gasteiger partial charge in [-0.05, 0) is 57.9 Å². The van der Waals surface area contributed by atoms with Crippen LogP contribution < -0.4 is 5.32 Å². The molecule has 1 N–H and O–H groups in total. The standard InChI is InChI=1S/C16H30N2O/c1-3-17-14-10-15-4-5-16(11-14)18(15)12(2)13-6-8-19-9-7-13/h12-17H,3-11H2,1-2H3. The number of piperidine rings is 1. The molecule has 0 amide bonds. The first-order chi connectivity index (χ1) is 9.29. The Morgan fingerprint density at radius 3 is 2.32 bits per heavy atom. The number of fused-ring (bicyclic) bond motifs is 2. The van der Waals surface area contributed by atoms with Crippen molar-refractivity contribution in [1.82, 2.24) is 10.2 Å². The predicted octanol–water partition coefficient (Wildman–Crippen LogP) is 2.41. The zero-order valence-electron chi connectivity index (χ0n) is 12.6. The van der Waals surface area contributed by atoms with E-state index < -0.39 is 0 Å². The average molecular weight is 266 g/mol. The van der Waals surface area contributed by atoms with Crippen LogP contribution in [0, 0.1) is 5.92 Å². The fourth-order valence-corrected chi connectivity index (χ4v) is 4.78. The van der Waals surface area contributed by atoms with Gasteiger partial charge in [0.2, 0.25) is 0 Å². The number of nitrogens with one attached hydrogen (secondary N) is 1. The van der Waals surface area contributed by atoms with Gasteiger partial charge in [-0.15, -0.1) is 0 Å². The fourth-order valence-electron chi connectivity index (χ4n) is 4.78. The molecule has 3 atom stereocenters. The number of hydrogen-bond acceptors (Lipinski definition) is 3. The number of rotatable bonds is 4. The molecule has 3 unspecified atom stereocenters. The Morgan fingerprint density at radius 2 is 1.74 bits per heavy atom. The summed E-state index contributed by atoms with van der Waals surface area (Å²) in [6, 6.07) is 3.24. The second kappa shape index (κ2) is 6.11. The predicted molar refractivity (Wildman–Crippen MR) is 78.4 cm³/mol. The van der Waals surface area contributed by atoms with Gasteiger partial charge in [-0.2, -0.15) is 0 Å². The van der Waals surface area contributed by atoms with Crippen molar-refractivity contribution >= 4 is 0 Å². The third-order valence-corrected chi connectivity index (χ3v) is 5.70. The van der Waals surface area contributed by atoms with Crippen LogP contribution in [-0.4, -0.2) is 48.8 Å². The van der Waals surface area contributed by atoms with Gasteiger partial charge < -0.3 is 10.1 Å². The van der Waals surface area contributed by atoms with Gasteiger partial charge in [0.1, 0.15) is 0 Å². The first-order valence-electron chi connectivity index (χ1n) is 8.38. The van der Waals surface area contributed by atoms with E-state index in [-0.39, 0.29) is 0 Å². The Morgan fingerprint density at radius 1 is 1.11 bits per heavy atom. The second-order valence-electron chi connectivity index (χ2n) is 6.75. The van der Waals surface area contributed by atoms with Crippen LogP contribution >= 0.6 is 0 Å². The van der Waals surface area contributed by atoms with Crippen LogP contribution in [0.4, 0.5) is 0 Å². The van der Waals surface area contributed by atoms with Crippen molar-refractivity contribution in [1.29, 1.82) is 0 Å². The summed E-state index contributed by atoms with van der Waals surface area (Å²) in [6.45, 7) is 7.81. The van der Waals surface area contributed by atoms with Gasteiger partial charge in [0, 0.05) is 37.4 Å². The zero-order valence-corrected chi connectivity index (χ0v) is 12.6. The molecule has 0 aromatic heterocycles. The maximum absolute atomic E-state index is 5.53. The molecule has 3 fully saturated rings. The molecule has 0 aromatic carbocycles. The van der Waals surface area contributed by atoms with Crippen LogP contribution in [0.2, 0.25) is 0 Å². The van der Waals surface area contributed by atoms with E-state index in [4.69, 9.17) is 4.74 Å². The summed E-state index contributed by atoms with van der Waals surface area (Å²) in [5, 5.41) is 3.68. The Balaban J connectivity index is 1.62.